The molecule has 1 fully saturated rings. The summed E-state index contributed by atoms with van der Waals surface area (Å²) >= 11 is 1.52. The molecule has 6 heteroatoms. The highest BCUT2D eigenvalue weighted by atomic mass is 32.1. The standard InChI is InChI=1S/C18H19N3O2S/c1-12-4-2-8-21-13(10-19-17(12)21)11-20-18(22)16-7-6-15(24-16)14-5-3-9-23-14/h2,4,6-8,10,14H,3,5,9,11H2,1H3,(H,20,22)/t14-/m0/s1. The minimum Gasteiger partial charge on any atom is -0.373 e. The molecule has 124 valence electrons. The van der Waals surface area contributed by atoms with E-state index in [9.17, 15) is 4.79 Å². The fourth-order valence-corrected chi connectivity index (χ4v) is 4.05. The summed E-state index contributed by atoms with van der Waals surface area (Å²) in [5.74, 6) is -0.0492. The van der Waals surface area contributed by atoms with Crippen LogP contribution in [0, 0.1) is 6.92 Å². The van der Waals surface area contributed by atoms with Crippen LogP contribution in [0.15, 0.2) is 36.7 Å². The summed E-state index contributed by atoms with van der Waals surface area (Å²) in [6, 6.07) is 7.91. The second-order valence-electron chi connectivity index (χ2n) is 6.02. The fraction of sp³-hybridized carbons (Fsp3) is 0.333. The van der Waals surface area contributed by atoms with Crippen molar-refractivity contribution in [2.75, 3.05) is 6.61 Å². The first-order valence-electron chi connectivity index (χ1n) is 8.13. The van der Waals surface area contributed by atoms with Gasteiger partial charge in [-0.2, -0.15) is 0 Å². The Labute approximate surface area is 144 Å². The van der Waals surface area contributed by atoms with Crippen LogP contribution in [0.4, 0.5) is 0 Å². The first-order valence-corrected chi connectivity index (χ1v) is 8.95. The summed E-state index contributed by atoms with van der Waals surface area (Å²) in [7, 11) is 0. The predicted octanol–water partition coefficient (Wildman–Crippen LogP) is 3.49. The number of ether oxygens (including phenoxy) is 1. The molecule has 1 aliphatic heterocycles. The van der Waals surface area contributed by atoms with Crippen molar-refractivity contribution in [3.05, 3.63) is 57.7 Å². The molecule has 4 rings (SSSR count). The molecule has 0 spiro atoms. The van der Waals surface area contributed by atoms with Gasteiger partial charge in [-0.3, -0.25) is 4.79 Å². The topological polar surface area (TPSA) is 55.6 Å². The van der Waals surface area contributed by atoms with Crippen molar-refractivity contribution >= 4 is 22.9 Å². The van der Waals surface area contributed by atoms with Crippen LogP contribution < -0.4 is 5.32 Å². The average Bonchev–Trinajstić information content (AvgIpc) is 3.32. The maximum atomic E-state index is 12.4. The minimum absolute atomic E-state index is 0.0492. The Morgan fingerprint density at radius 2 is 2.38 bits per heavy atom. The van der Waals surface area contributed by atoms with Crippen molar-refractivity contribution < 1.29 is 9.53 Å². The molecule has 0 aliphatic carbocycles. The molecule has 3 aromatic heterocycles. The van der Waals surface area contributed by atoms with Crippen LogP contribution in [-0.2, 0) is 11.3 Å². The van der Waals surface area contributed by atoms with Gasteiger partial charge in [-0.05, 0) is 43.5 Å². The summed E-state index contributed by atoms with van der Waals surface area (Å²) in [5.41, 5.74) is 3.02. The normalized spacial score (nSPS) is 17.5. The van der Waals surface area contributed by atoms with Crippen LogP contribution >= 0.6 is 11.3 Å². The monoisotopic (exact) mass is 341 g/mol. The van der Waals surface area contributed by atoms with Gasteiger partial charge in [0.2, 0.25) is 0 Å². The van der Waals surface area contributed by atoms with Crippen molar-refractivity contribution in [1.82, 2.24) is 14.7 Å². The summed E-state index contributed by atoms with van der Waals surface area (Å²) in [6.07, 6.45) is 6.09. The molecule has 0 radical (unpaired) electrons. The van der Waals surface area contributed by atoms with E-state index in [2.05, 4.69) is 10.3 Å². The number of aromatic nitrogens is 2. The number of rotatable bonds is 4. The maximum Gasteiger partial charge on any atom is 0.261 e. The van der Waals surface area contributed by atoms with Gasteiger partial charge in [0.25, 0.3) is 5.91 Å². The smallest absolute Gasteiger partial charge is 0.261 e. The molecular formula is C18H19N3O2S. The average molecular weight is 341 g/mol. The molecule has 0 aromatic carbocycles. The molecule has 1 saturated heterocycles. The molecule has 3 aromatic rings. The lowest BCUT2D eigenvalue weighted by Gasteiger charge is -2.06. The number of fused-ring (bicyclic) bond motifs is 1. The van der Waals surface area contributed by atoms with Crippen LogP contribution in [0.2, 0.25) is 0 Å². The third kappa shape index (κ3) is 2.83. The molecule has 5 nitrogen and oxygen atoms in total. The summed E-state index contributed by atoms with van der Waals surface area (Å²) < 4.78 is 7.69. The first-order chi connectivity index (χ1) is 11.7. The minimum atomic E-state index is -0.0492. The van der Waals surface area contributed by atoms with Gasteiger partial charge in [-0.1, -0.05) is 6.07 Å². The quantitative estimate of drug-likeness (QED) is 0.790. The molecular weight excluding hydrogens is 322 g/mol. The Hall–Kier alpha value is -2.18. The van der Waals surface area contributed by atoms with Gasteiger partial charge in [-0.25, -0.2) is 4.98 Å². The molecule has 0 bridgehead atoms. The SMILES string of the molecule is Cc1cccn2c(CNC(=O)c3ccc([C@@H]4CCCO4)s3)cnc12. The number of nitrogens with zero attached hydrogens (tertiary/aromatic N) is 2. The van der Waals surface area contributed by atoms with Gasteiger partial charge in [0, 0.05) is 17.7 Å². The third-order valence-corrected chi connectivity index (χ3v) is 5.51. The van der Waals surface area contributed by atoms with Gasteiger partial charge in [0.05, 0.1) is 29.4 Å². The number of pyridine rings is 1. The zero-order valence-corrected chi connectivity index (χ0v) is 14.3. The molecule has 24 heavy (non-hydrogen) atoms. The largest absolute Gasteiger partial charge is 0.373 e. The lowest BCUT2D eigenvalue weighted by molar-refractivity contribution is 0.0954. The van der Waals surface area contributed by atoms with Crippen LogP contribution in [0.3, 0.4) is 0 Å². The Kier molecular flexibility index (Phi) is 4.08. The summed E-state index contributed by atoms with van der Waals surface area (Å²) in [5, 5.41) is 2.99. The van der Waals surface area contributed by atoms with Crippen molar-refractivity contribution in [2.24, 2.45) is 0 Å². The van der Waals surface area contributed by atoms with E-state index in [1.807, 2.05) is 48.0 Å². The number of hydrogen-bond acceptors (Lipinski definition) is 4. The van der Waals surface area contributed by atoms with Crippen LogP contribution in [0.1, 0.15) is 44.8 Å². The zero-order chi connectivity index (χ0) is 16.5. The second kappa shape index (κ2) is 6.37. The van der Waals surface area contributed by atoms with E-state index in [-0.39, 0.29) is 12.0 Å². The Morgan fingerprint density at radius 3 is 3.21 bits per heavy atom. The van der Waals surface area contributed by atoms with Crippen LogP contribution in [0.5, 0.6) is 0 Å². The van der Waals surface area contributed by atoms with E-state index in [4.69, 9.17) is 4.74 Å². The molecule has 1 atom stereocenters. The molecule has 1 aliphatic rings. The van der Waals surface area contributed by atoms with E-state index >= 15 is 0 Å². The van der Waals surface area contributed by atoms with Gasteiger partial charge in [0.1, 0.15) is 5.65 Å². The second-order valence-corrected chi connectivity index (χ2v) is 7.14. The molecule has 4 heterocycles. The van der Waals surface area contributed by atoms with E-state index in [1.54, 1.807) is 0 Å². The number of aryl methyl sites for hydroxylation is 1. The number of nitrogens with one attached hydrogen (secondary N) is 1. The van der Waals surface area contributed by atoms with Gasteiger partial charge < -0.3 is 14.5 Å². The van der Waals surface area contributed by atoms with Crippen molar-refractivity contribution in [1.29, 1.82) is 0 Å². The van der Waals surface area contributed by atoms with E-state index in [0.29, 0.717) is 6.54 Å². The summed E-state index contributed by atoms with van der Waals surface area (Å²) in [6.45, 7) is 3.30. The molecule has 1 N–H and O–H groups in total. The number of amides is 1. The van der Waals surface area contributed by atoms with Gasteiger partial charge in [0.15, 0.2) is 0 Å². The Balaban J connectivity index is 1.45. The first kappa shape index (κ1) is 15.4. The lowest BCUT2D eigenvalue weighted by Crippen LogP contribution is -2.22. The number of carbonyl (C=O) groups excluding carboxylic acids is 1. The number of hydrogen-bond donors (Lipinski definition) is 1. The highest BCUT2D eigenvalue weighted by Gasteiger charge is 2.21. The highest BCUT2D eigenvalue weighted by Crippen LogP contribution is 2.33. The van der Waals surface area contributed by atoms with E-state index in [1.165, 1.54) is 11.3 Å². The lowest BCUT2D eigenvalue weighted by atomic mass is 10.2. The fourth-order valence-electron chi connectivity index (χ4n) is 3.04. The predicted molar refractivity (Wildman–Crippen MR) is 93.3 cm³/mol. The van der Waals surface area contributed by atoms with Gasteiger partial charge >= 0.3 is 0 Å². The number of carbonyl (C=O) groups is 1. The Bertz CT molecular complexity index is 877. The van der Waals surface area contributed by atoms with Crippen molar-refractivity contribution in [2.45, 2.75) is 32.4 Å². The molecule has 1 amide bonds. The summed E-state index contributed by atoms with van der Waals surface area (Å²) in [4.78, 5) is 18.7. The van der Waals surface area contributed by atoms with E-state index in [0.717, 1.165) is 46.1 Å². The Morgan fingerprint density at radius 1 is 1.46 bits per heavy atom. The van der Waals surface area contributed by atoms with Gasteiger partial charge in [-0.15, -0.1) is 11.3 Å². The third-order valence-electron chi connectivity index (χ3n) is 4.34. The van der Waals surface area contributed by atoms with Crippen molar-refractivity contribution in [3.8, 4) is 0 Å². The highest BCUT2D eigenvalue weighted by molar-refractivity contribution is 7.14. The van der Waals surface area contributed by atoms with E-state index < -0.39 is 0 Å². The maximum absolute atomic E-state index is 12.4. The molecule has 0 saturated carbocycles. The zero-order valence-electron chi connectivity index (χ0n) is 13.5. The van der Waals surface area contributed by atoms with Crippen molar-refractivity contribution in [3.63, 3.8) is 0 Å². The molecule has 0 unspecified atom stereocenters. The van der Waals surface area contributed by atoms with Crippen LogP contribution in [0.25, 0.3) is 5.65 Å². The van der Waals surface area contributed by atoms with Crippen LogP contribution in [-0.4, -0.2) is 21.9 Å². The number of imidazole rings is 1. The number of thiophene rings is 1.